The maximum atomic E-state index is 14.0. The summed E-state index contributed by atoms with van der Waals surface area (Å²) in [5.41, 5.74) is 0.743. The van der Waals surface area contributed by atoms with Gasteiger partial charge in [-0.2, -0.15) is 0 Å². The van der Waals surface area contributed by atoms with Gasteiger partial charge in [-0.25, -0.2) is 9.07 Å². The lowest BCUT2D eigenvalue weighted by Gasteiger charge is -2.05. The standard InChI is InChI=1S/C16H10Cl2FN3O/c17-11-6-2-1-5-10(11)16(23)20-15-13(19)9-22(21-15)14-8-4-3-7-12(14)18/h1-9H,(H,20,21,23). The minimum atomic E-state index is -0.676. The van der Waals surface area contributed by atoms with Gasteiger partial charge in [0.25, 0.3) is 5.91 Å². The molecule has 2 aromatic carbocycles. The summed E-state index contributed by atoms with van der Waals surface area (Å²) in [5, 5.41) is 7.11. The smallest absolute Gasteiger partial charge is 0.258 e. The fourth-order valence-corrected chi connectivity index (χ4v) is 2.46. The van der Waals surface area contributed by atoms with Gasteiger partial charge < -0.3 is 5.32 Å². The summed E-state index contributed by atoms with van der Waals surface area (Å²) in [6, 6.07) is 13.3. The quantitative estimate of drug-likeness (QED) is 0.752. The molecule has 7 heteroatoms. The normalized spacial score (nSPS) is 10.6. The molecule has 1 N–H and O–H groups in total. The van der Waals surface area contributed by atoms with Crippen LogP contribution in [0, 0.1) is 5.82 Å². The zero-order chi connectivity index (χ0) is 16.4. The van der Waals surface area contributed by atoms with Gasteiger partial charge in [-0.3, -0.25) is 4.79 Å². The van der Waals surface area contributed by atoms with Gasteiger partial charge in [0.15, 0.2) is 11.6 Å². The van der Waals surface area contributed by atoms with Crippen molar-refractivity contribution in [3.05, 3.63) is 76.2 Å². The molecule has 0 aliphatic rings. The first kappa shape index (κ1) is 15.5. The molecule has 1 amide bonds. The van der Waals surface area contributed by atoms with E-state index in [0.29, 0.717) is 10.7 Å². The van der Waals surface area contributed by atoms with Crippen molar-refractivity contribution >= 4 is 34.9 Å². The Morgan fingerprint density at radius 1 is 1.04 bits per heavy atom. The largest absolute Gasteiger partial charge is 0.303 e. The number of benzene rings is 2. The molecule has 0 saturated carbocycles. The Morgan fingerprint density at radius 3 is 2.39 bits per heavy atom. The minimum absolute atomic E-state index is 0.199. The summed E-state index contributed by atoms with van der Waals surface area (Å²) in [5.74, 6) is -1.42. The second kappa shape index (κ2) is 6.40. The van der Waals surface area contributed by atoms with Crippen molar-refractivity contribution in [3.63, 3.8) is 0 Å². The molecule has 0 bridgehead atoms. The number of hydrogen-bond acceptors (Lipinski definition) is 2. The molecule has 0 saturated heterocycles. The van der Waals surface area contributed by atoms with Crippen molar-refractivity contribution in [1.29, 1.82) is 0 Å². The number of para-hydroxylation sites is 1. The highest BCUT2D eigenvalue weighted by Gasteiger charge is 2.16. The number of amides is 1. The van der Waals surface area contributed by atoms with E-state index in [2.05, 4.69) is 10.4 Å². The maximum absolute atomic E-state index is 14.0. The molecule has 23 heavy (non-hydrogen) atoms. The van der Waals surface area contributed by atoms with E-state index < -0.39 is 11.7 Å². The number of carbonyl (C=O) groups excluding carboxylic acids is 1. The zero-order valence-corrected chi connectivity index (χ0v) is 13.1. The van der Waals surface area contributed by atoms with Crippen LogP contribution in [0.3, 0.4) is 0 Å². The molecular formula is C16H10Cl2FN3O. The van der Waals surface area contributed by atoms with Crippen LogP contribution < -0.4 is 5.32 Å². The molecule has 0 radical (unpaired) electrons. The monoisotopic (exact) mass is 349 g/mol. The first-order valence-electron chi connectivity index (χ1n) is 6.62. The van der Waals surface area contributed by atoms with Crippen molar-refractivity contribution in [2.24, 2.45) is 0 Å². The molecule has 3 rings (SSSR count). The molecule has 0 aliphatic carbocycles. The summed E-state index contributed by atoms with van der Waals surface area (Å²) < 4.78 is 15.3. The fraction of sp³-hybridized carbons (Fsp3) is 0. The van der Waals surface area contributed by atoms with Crippen molar-refractivity contribution < 1.29 is 9.18 Å². The van der Waals surface area contributed by atoms with Crippen molar-refractivity contribution in [3.8, 4) is 5.69 Å². The second-order valence-corrected chi connectivity index (χ2v) is 5.47. The minimum Gasteiger partial charge on any atom is -0.303 e. The zero-order valence-electron chi connectivity index (χ0n) is 11.6. The highest BCUT2D eigenvalue weighted by atomic mass is 35.5. The Morgan fingerprint density at radius 2 is 1.70 bits per heavy atom. The number of halogens is 3. The van der Waals surface area contributed by atoms with Crippen LogP contribution in [-0.4, -0.2) is 15.7 Å². The number of hydrogen-bond donors (Lipinski definition) is 1. The van der Waals surface area contributed by atoms with E-state index in [1.54, 1.807) is 48.5 Å². The molecule has 0 aliphatic heterocycles. The van der Waals surface area contributed by atoms with E-state index >= 15 is 0 Å². The average molecular weight is 350 g/mol. The van der Waals surface area contributed by atoms with E-state index in [4.69, 9.17) is 23.2 Å². The van der Waals surface area contributed by atoms with Crippen LogP contribution in [0.2, 0.25) is 10.0 Å². The van der Waals surface area contributed by atoms with E-state index in [0.717, 1.165) is 6.20 Å². The lowest BCUT2D eigenvalue weighted by atomic mass is 10.2. The Balaban J connectivity index is 1.89. The predicted molar refractivity (Wildman–Crippen MR) is 87.9 cm³/mol. The predicted octanol–water partition coefficient (Wildman–Crippen LogP) is 4.57. The number of anilines is 1. The molecule has 0 spiro atoms. The van der Waals surface area contributed by atoms with Crippen molar-refractivity contribution in [1.82, 2.24) is 9.78 Å². The molecule has 0 atom stereocenters. The summed E-state index contributed by atoms with van der Waals surface area (Å²) in [4.78, 5) is 12.2. The molecule has 0 unspecified atom stereocenters. The third-order valence-corrected chi connectivity index (χ3v) is 3.77. The van der Waals surface area contributed by atoms with Crippen LogP contribution in [0.4, 0.5) is 10.2 Å². The van der Waals surface area contributed by atoms with Crippen molar-refractivity contribution in [2.75, 3.05) is 5.32 Å². The van der Waals surface area contributed by atoms with Gasteiger partial charge in [0.1, 0.15) is 0 Å². The SMILES string of the molecule is O=C(Nc1nn(-c2ccccc2Cl)cc1F)c1ccccc1Cl. The highest BCUT2D eigenvalue weighted by molar-refractivity contribution is 6.34. The maximum Gasteiger partial charge on any atom is 0.258 e. The second-order valence-electron chi connectivity index (χ2n) is 4.66. The summed E-state index contributed by atoms with van der Waals surface area (Å²) in [6.45, 7) is 0. The number of aromatic nitrogens is 2. The van der Waals surface area contributed by atoms with Crippen LogP contribution in [0.25, 0.3) is 5.69 Å². The molecule has 3 aromatic rings. The molecule has 116 valence electrons. The van der Waals surface area contributed by atoms with Crippen LogP contribution in [0.1, 0.15) is 10.4 Å². The highest BCUT2D eigenvalue weighted by Crippen LogP contribution is 2.23. The lowest BCUT2D eigenvalue weighted by Crippen LogP contribution is -2.14. The van der Waals surface area contributed by atoms with E-state index in [1.807, 2.05) is 0 Å². The first-order chi connectivity index (χ1) is 11.1. The van der Waals surface area contributed by atoms with Gasteiger partial charge in [-0.05, 0) is 24.3 Å². The van der Waals surface area contributed by atoms with Gasteiger partial charge in [-0.1, -0.05) is 47.5 Å². The Labute approximate surface area is 141 Å². The average Bonchev–Trinajstić information content (AvgIpc) is 2.89. The van der Waals surface area contributed by atoms with Gasteiger partial charge >= 0.3 is 0 Å². The number of rotatable bonds is 3. The van der Waals surface area contributed by atoms with Gasteiger partial charge in [0.2, 0.25) is 0 Å². The molecular weight excluding hydrogens is 340 g/mol. The summed E-state index contributed by atoms with van der Waals surface area (Å²) >= 11 is 12.0. The van der Waals surface area contributed by atoms with Gasteiger partial charge in [0.05, 0.1) is 27.5 Å². The lowest BCUT2D eigenvalue weighted by molar-refractivity contribution is 0.102. The third kappa shape index (κ3) is 3.21. The topological polar surface area (TPSA) is 46.9 Å². The Bertz CT molecular complexity index is 879. The molecule has 0 fully saturated rings. The van der Waals surface area contributed by atoms with Crippen LogP contribution >= 0.6 is 23.2 Å². The summed E-state index contributed by atoms with van der Waals surface area (Å²) in [7, 11) is 0. The number of nitrogens with one attached hydrogen (secondary N) is 1. The van der Waals surface area contributed by atoms with Gasteiger partial charge in [0, 0.05) is 0 Å². The van der Waals surface area contributed by atoms with E-state index in [1.165, 1.54) is 4.68 Å². The summed E-state index contributed by atoms with van der Waals surface area (Å²) in [6.07, 6.45) is 1.14. The first-order valence-corrected chi connectivity index (χ1v) is 7.38. The Kier molecular flexibility index (Phi) is 4.32. The van der Waals surface area contributed by atoms with Crippen LogP contribution in [0.5, 0.6) is 0 Å². The van der Waals surface area contributed by atoms with Crippen LogP contribution in [-0.2, 0) is 0 Å². The van der Waals surface area contributed by atoms with E-state index in [9.17, 15) is 9.18 Å². The third-order valence-electron chi connectivity index (χ3n) is 3.12. The number of carbonyl (C=O) groups is 1. The Hall–Kier alpha value is -2.37. The molecule has 4 nitrogen and oxygen atoms in total. The molecule has 1 aromatic heterocycles. The van der Waals surface area contributed by atoms with E-state index in [-0.39, 0.29) is 16.4 Å². The van der Waals surface area contributed by atoms with Crippen LogP contribution in [0.15, 0.2) is 54.7 Å². The van der Waals surface area contributed by atoms with Gasteiger partial charge in [-0.15, -0.1) is 5.10 Å². The molecule has 1 heterocycles. The van der Waals surface area contributed by atoms with Crippen molar-refractivity contribution in [2.45, 2.75) is 0 Å². The number of nitrogens with zero attached hydrogens (tertiary/aromatic N) is 2. The fourth-order valence-electron chi connectivity index (χ4n) is 2.02.